The highest BCUT2D eigenvalue weighted by Crippen LogP contribution is 2.22. The third kappa shape index (κ3) is 19.4. The Morgan fingerprint density at radius 3 is 1.09 bits per heavy atom. The maximum absolute atomic E-state index is 9.00. The molecule has 0 fully saturated rings. The smallest absolute Gasteiger partial charge is 0.300 e. The lowest BCUT2D eigenvalue weighted by atomic mass is 9.99. The molecule has 0 spiro atoms. The summed E-state index contributed by atoms with van der Waals surface area (Å²) in [4.78, 5) is 27.0. The summed E-state index contributed by atoms with van der Waals surface area (Å²) in [6, 6.07) is 2.18. The number of carbonyl (C=O) groups is 3. The van der Waals surface area contributed by atoms with Crippen molar-refractivity contribution >= 4 is 23.6 Å². The maximum Gasteiger partial charge on any atom is 0.300 e. The molecule has 0 radical (unpaired) electrons. The largest absolute Gasteiger partial charge is 0.481 e. The summed E-state index contributed by atoms with van der Waals surface area (Å²) in [5.74, 6) is -2.50. The fourth-order valence-corrected chi connectivity index (χ4v) is 1.25. The molecule has 0 unspecified atom stereocenters. The molecule has 0 saturated carbocycles. The lowest BCUT2D eigenvalue weighted by Crippen LogP contribution is -1.98. The number of anilines is 1. The van der Waals surface area contributed by atoms with Gasteiger partial charge >= 0.3 is 0 Å². The van der Waals surface area contributed by atoms with Crippen molar-refractivity contribution in [3.8, 4) is 0 Å². The minimum Gasteiger partial charge on any atom is -0.481 e. The third-order valence-corrected chi connectivity index (χ3v) is 2.42. The van der Waals surface area contributed by atoms with Gasteiger partial charge < -0.3 is 21.1 Å². The molecule has 0 aromatic heterocycles. The molecule has 0 amide bonds. The molecule has 7 heteroatoms. The Morgan fingerprint density at radius 1 is 0.739 bits per heavy atom. The van der Waals surface area contributed by atoms with Gasteiger partial charge in [0, 0.05) is 26.5 Å². The summed E-state index contributed by atoms with van der Waals surface area (Å²) >= 11 is 0. The van der Waals surface area contributed by atoms with Gasteiger partial charge in [0.2, 0.25) is 0 Å². The zero-order valence-corrected chi connectivity index (χ0v) is 14.7. The third-order valence-electron chi connectivity index (χ3n) is 2.42. The van der Waals surface area contributed by atoms with Crippen LogP contribution in [0.5, 0.6) is 0 Å². The Balaban J connectivity index is -0.000000278. The van der Waals surface area contributed by atoms with E-state index in [-0.39, 0.29) is 0 Å². The van der Waals surface area contributed by atoms with Gasteiger partial charge in [-0.3, -0.25) is 14.4 Å². The molecule has 5 N–H and O–H groups in total. The first-order valence-corrected chi connectivity index (χ1v) is 6.65. The molecule has 0 atom stereocenters. The van der Waals surface area contributed by atoms with E-state index in [0.29, 0.717) is 0 Å². The summed E-state index contributed by atoms with van der Waals surface area (Å²) in [6.07, 6.45) is 0. The molecule has 1 aromatic carbocycles. The van der Waals surface area contributed by atoms with E-state index in [2.05, 4.69) is 33.8 Å². The highest BCUT2D eigenvalue weighted by Gasteiger charge is 2.03. The predicted octanol–water partition coefficient (Wildman–Crippen LogP) is 2.78. The monoisotopic (exact) mass is 329 g/mol. The van der Waals surface area contributed by atoms with Crippen molar-refractivity contribution in [2.24, 2.45) is 0 Å². The SMILES string of the molecule is CC(=O)O.CC(=O)O.CC(=O)O.Cc1cc(C)c(C)c(N)c1C. The Labute approximate surface area is 136 Å². The number of benzene rings is 1. The molecule has 0 bridgehead atoms. The molecular weight excluding hydrogens is 302 g/mol. The van der Waals surface area contributed by atoms with Crippen LogP contribution < -0.4 is 5.73 Å². The number of carboxylic acid groups (broad SMARTS) is 3. The molecular formula is C16H27NO6. The van der Waals surface area contributed by atoms with E-state index in [1.54, 1.807) is 0 Å². The lowest BCUT2D eigenvalue weighted by Gasteiger charge is -2.10. The van der Waals surface area contributed by atoms with Crippen LogP contribution in [0.3, 0.4) is 0 Å². The van der Waals surface area contributed by atoms with Crippen molar-refractivity contribution in [2.45, 2.75) is 48.5 Å². The lowest BCUT2D eigenvalue weighted by molar-refractivity contribution is -0.135. The first-order chi connectivity index (χ1) is 10.2. The van der Waals surface area contributed by atoms with Crippen molar-refractivity contribution in [1.82, 2.24) is 0 Å². The summed E-state index contributed by atoms with van der Waals surface area (Å²) in [7, 11) is 0. The minimum atomic E-state index is -0.833. The molecule has 23 heavy (non-hydrogen) atoms. The summed E-state index contributed by atoms with van der Waals surface area (Å²) < 4.78 is 0. The topological polar surface area (TPSA) is 138 Å². The van der Waals surface area contributed by atoms with E-state index in [1.807, 2.05) is 0 Å². The highest BCUT2D eigenvalue weighted by atomic mass is 16.4. The molecule has 132 valence electrons. The number of carboxylic acids is 3. The van der Waals surface area contributed by atoms with E-state index in [1.165, 1.54) is 22.3 Å². The molecule has 0 aliphatic rings. The van der Waals surface area contributed by atoms with Gasteiger partial charge in [0.05, 0.1) is 0 Å². The number of nitrogen functional groups attached to an aromatic ring is 1. The summed E-state index contributed by atoms with van der Waals surface area (Å²) in [6.45, 7) is 11.6. The van der Waals surface area contributed by atoms with Crippen molar-refractivity contribution in [2.75, 3.05) is 5.73 Å². The summed E-state index contributed by atoms with van der Waals surface area (Å²) in [5, 5.41) is 22.2. The van der Waals surface area contributed by atoms with Crippen LogP contribution >= 0.6 is 0 Å². The zero-order valence-electron chi connectivity index (χ0n) is 14.7. The van der Waals surface area contributed by atoms with Gasteiger partial charge in [-0.25, -0.2) is 0 Å². The normalized spacial score (nSPS) is 8.13. The molecule has 7 nitrogen and oxygen atoms in total. The van der Waals surface area contributed by atoms with Crippen LogP contribution in [0.25, 0.3) is 0 Å². The maximum atomic E-state index is 9.00. The Hall–Kier alpha value is -2.57. The van der Waals surface area contributed by atoms with Crippen LogP contribution in [-0.4, -0.2) is 33.2 Å². The summed E-state index contributed by atoms with van der Waals surface area (Å²) in [5.41, 5.74) is 11.8. The van der Waals surface area contributed by atoms with Crippen molar-refractivity contribution < 1.29 is 29.7 Å². The Kier molecular flexibility index (Phi) is 14.5. The van der Waals surface area contributed by atoms with E-state index < -0.39 is 17.9 Å². The standard InChI is InChI=1S/C10H15N.3C2H4O2/c1-6-5-7(2)9(4)10(11)8(6)3;3*1-2(3)4/h5H,11H2,1-4H3;3*1H3,(H,3,4). The van der Waals surface area contributed by atoms with Crippen LogP contribution in [0.4, 0.5) is 5.69 Å². The van der Waals surface area contributed by atoms with Crippen molar-refractivity contribution in [3.05, 3.63) is 28.3 Å². The van der Waals surface area contributed by atoms with Crippen LogP contribution in [0.15, 0.2) is 6.07 Å². The minimum absolute atomic E-state index is 0.833. The van der Waals surface area contributed by atoms with E-state index >= 15 is 0 Å². The average molecular weight is 329 g/mol. The quantitative estimate of drug-likeness (QED) is 0.537. The van der Waals surface area contributed by atoms with Crippen LogP contribution in [-0.2, 0) is 14.4 Å². The second kappa shape index (κ2) is 13.1. The molecule has 0 heterocycles. The van der Waals surface area contributed by atoms with Crippen LogP contribution in [0, 0.1) is 27.7 Å². The van der Waals surface area contributed by atoms with Crippen molar-refractivity contribution in [1.29, 1.82) is 0 Å². The molecule has 1 aromatic rings. The average Bonchev–Trinajstić information content (AvgIpc) is 2.32. The van der Waals surface area contributed by atoms with Gasteiger partial charge in [-0.15, -0.1) is 0 Å². The second-order valence-electron chi connectivity index (χ2n) is 4.73. The molecule has 0 aliphatic heterocycles. The fourth-order valence-electron chi connectivity index (χ4n) is 1.25. The van der Waals surface area contributed by atoms with E-state index in [0.717, 1.165) is 26.5 Å². The van der Waals surface area contributed by atoms with Gasteiger partial charge in [0.25, 0.3) is 17.9 Å². The van der Waals surface area contributed by atoms with E-state index in [9.17, 15) is 0 Å². The van der Waals surface area contributed by atoms with Gasteiger partial charge in [0.1, 0.15) is 0 Å². The van der Waals surface area contributed by atoms with Crippen LogP contribution in [0.2, 0.25) is 0 Å². The van der Waals surface area contributed by atoms with E-state index in [4.69, 9.17) is 35.4 Å². The Bertz CT molecular complexity index is 471. The first kappa shape index (κ1) is 25.4. The predicted molar refractivity (Wildman–Crippen MR) is 89.7 cm³/mol. The van der Waals surface area contributed by atoms with Crippen LogP contribution in [0.1, 0.15) is 43.0 Å². The number of nitrogens with two attached hydrogens (primary N) is 1. The molecule has 0 aliphatic carbocycles. The van der Waals surface area contributed by atoms with Gasteiger partial charge in [-0.1, -0.05) is 6.07 Å². The molecule has 1 rings (SSSR count). The molecule has 0 saturated heterocycles. The fraction of sp³-hybridized carbons (Fsp3) is 0.438. The number of hydrogen-bond donors (Lipinski definition) is 4. The highest BCUT2D eigenvalue weighted by molar-refractivity contribution is 5.63. The second-order valence-corrected chi connectivity index (χ2v) is 4.73. The zero-order chi connectivity index (χ0) is 19.3. The van der Waals surface area contributed by atoms with Gasteiger partial charge in [-0.05, 0) is 49.9 Å². The van der Waals surface area contributed by atoms with Gasteiger partial charge in [0.15, 0.2) is 0 Å². The van der Waals surface area contributed by atoms with Crippen molar-refractivity contribution in [3.63, 3.8) is 0 Å². The Morgan fingerprint density at radius 2 is 0.913 bits per heavy atom. The first-order valence-electron chi connectivity index (χ1n) is 6.65. The number of aryl methyl sites for hydroxylation is 2. The number of hydrogen-bond acceptors (Lipinski definition) is 4. The number of rotatable bonds is 0. The number of aliphatic carboxylic acids is 3. The van der Waals surface area contributed by atoms with Gasteiger partial charge in [-0.2, -0.15) is 0 Å².